The van der Waals surface area contributed by atoms with Crippen molar-refractivity contribution in [1.29, 1.82) is 0 Å². The SMILES string of the molecule is CC(NC(=O)C(N)CCCN=C(N)N)C(=O)NC(CCC(N)=O)C(=O)NC(CC(N)=O)C(=O)O. The lowest BCUT2D eigenvalue weighted by Gasteiger charge is -2.23. The van der Waals surface area contributed by atoms with Crippen LogP contribution in [0.3, 0.4) is 0 Å². The van der Waals surface area contributed by atoms with E-state index in [0.29, 0.717) is 6.42 Å². The quantitative estimate of drug-likeness (QED) is 0.0567. The first-order valence-electron chi connectivity index (χ1n) is 10.3. The third-order valence-electron chi connectivity index (χ3n) is 4.39. The molecule has 0 fully saturated rings. The second-order valence-corrected chi connectivity index (χ2v) is 7.42. The highest BCUT2D eigenvalue weighted by Crippen LogP contribution is 2.02. The molecule has 16 nitrogen and oxygen atoms in total. The van der Waals surface area contributed by atoms with Crippen LogP contribution in [0.25, 0.3) is 0 Å². The molecule has 14 N–H and O–H groups in total. The largest absolute Gasteiger partial charge is 0.480 e. The summed E-state index contributed by atoms with van der Waals surface area (Å²) in [5.41, 5.74) is 26.2. The van der Waals surface area contributed by atoms with Crippen molar-refractivity contribution in [3.8, 4) is 0 Å². The predicted octanol–water partition coefficient (Wildman–Crippen LogP) is -4.93. The lowest BCUT2D eigenvalue weighted by molar-refractivity contribution is -0.144. The lowest BCUT2D eigenvalue weighted by Crippen LogP contribution is -2.56. The van der Waals surface area contributed by atoms with Crippen LogP contribution in [0, 0.1) is 0 Å². The maximum absolute atomic E-state index is 12.5. The van der Waals surface area contributed by atoms with Crippen molar-refractivity contribution >= 4 is 41.5 Å². The van der Waals surface area contributed by atoms with Crippen molar-refractivity contribution in [1.82, 2.24) is 16.0 Å². The zero-order valence-corrected chi connectivity index (χ0v) is 18.8. The Morgan fingerprint density at radius 3 is 1.91 bits per heavy atom. The van der Waals surface area contributed by atoms with Crippen LogP contribution < -0.4 is 44.6 Å². The van der Waals surface area contributed by atoms with E-state index in [1.807, 2.05) is 0 Å². The van der Waals surface area contributed by atoms with E-state index in [4.69, 9.17) is 33.8 Å². The number of guanidine groups is 1. The van der Waals surface area contributed by atoms with E-state index in [1.54, 1.807) is 0 Å². The van der Waals surface area contributed by atoms with Crippen LogP contribution in [0.5, 0.6) is 0 Å². The summed E-state index contributed by atoms with van der Waals surface area (Å²) in [4.78, 5) is 74.3. The fourth-order valence-corrected chi connectivity index (χ4v) is 2.56. The van der Waals surface area contributed by atoms with E-state index in [-0.39, 0.29) is 31.8 Å². The number of hydrogen-bond acceptors (Lipinski definition) is 8. The molecule has 0 radical (unpaired) electrons. The topological polar surface area (TPSA) is 301 Å². The molecule has 0 rings (SSSR count). The number of carboxylic acid groups (broad SMARTS) is 1. The molecule has 0 aliphatic heterocycles. The number of aliphatic carboxylic acids is 1. The molecule has 0 aliphatic carbocycles. The Balaban J connectivity index is 5.07. The van der Waals surface area contributed by atoms with E-state index in [9.17, 15) is 28.8 Å². The highest BCUT2D eigenvalue weighted by molar-refractivity contribution is 5.95. The van der Waals surface area contributed by atoms with Gasteiger partial charge in [-0.2, -0.15) is 0 Å². The minimum atomic E-state index is -1.65. The molecule has 0 saturated carbocycles. The van der Waals surface area contributed by atoms with Crippen molar-refractivity contribution in [2.24, 2.45) is 33.7 Å². The summed E-state index contributed by atoms with van der Waals surface area (Å²) in [6.07, 6.45) is -0.616. The molecule has 4 unspecified atom stereocenters. The maximum Gasteiger partial charge on any atom is 0.326 e. The summed E-state index contributed by atoms with van der Waals surface area (Å²) in [6.45, 7) is 1.60. The van der Waals surface area contributed by atoms with Crippen molar-refractivity contribution < 1.29 is 33.9 Å². The van der Waals surface area contributed by atoms with Gasteiger partial charge in [-0.05, 0) is 26.2 Å². The van der Waals surface area contributed by atoms with Gasteiger partial charge < -0.3 is 49.7 Å². The second kappa shape index (κ2) is 15.0. The summed E-state index contributed by atoms with van der Waals surface area (Å²) in [5.74, 6) is -5.81. The summed E-state index contributed by atoms with van der Waals surface area (Å²) in [5, 5.41) is 15.9. The highest BCUT2D eigenvalue weighted by atomic mass is 16.4. The van der Waals surface area contributed by atoms with E-state index in [2.05, 4.69) is 20.9 Å². The van der Waals surface area contributed by atoms with Crippen LogP contribution in [0.1, 0.15) is 39.0 Å². The minimum absolute atomic E-state index is 0.0949. The Hall–Kier alpha value is -3.95. The van der Waals surface area contributed by atoms with Gasteiger partial charge in [0.15, 0.2) is 5.96 Å². The molecule has 0 bridgehead atoms. The van der Waals surface area contributed by atoms with Gasteiger partial charge in [0.05, 0.1) is 12.5 Å². The number of rotatable bonds is 16. The van der Waals surface area contributed by atoms with Gasteiger partial charge in [0.1, 0.15) is 18.1 Å². The molecule has 4 atom stereocenters. The Kier molecular flexibility index (Phi) is 13.2. The molecule has 0 spiro atoms. The fourth-order valence-electron chi connectivity index (χ4n) is 2.56. The molecule has 34 heavy (non-hydrogen) atoms. The third-order valence-corrected chi connectivity index (χ3v) is 4.39. The number of nitrogens with zero attached hydrogens (tertiary/aromatic N) is 1. The summed E-state index contributed by atoms with van der Waals surface area (Å²) < 4.78 is 0. The van der Waals surface area contributed by atoms with Crippen molar-refractivity contribution in [3.05, 3.63) is 0 Å². The monoisotopic (exact) mass is 487 g/mol. The maximum atomic E-state index is 12.5. The Labute approximate surface area is 195 Å². The van der Waals surface area contributed by atoms with Crippen LogP contribution in [0.4, 0.5) is 0 Å². The van der Waals surface area contributed by atoms with Crippen LogP contribution in [-0.4, -0.2) is 77.3 Å². The minimum Gasteiger partial charge on any atom is -0.480 e. The fraction of sp³-hybridized carbons (Fsp3) is 0.611. The van der Waals surface area contributed by atoms with Crippen LogP contribution in [0.2, 0.25) is 0 Å². The predicted molar refractivity (Wildman–Crippen MR) is 119 cm³/mol. The van der Waals surface area contributed by atoms with Crippen LogP contribution >= 0.6 is 0 Å². The molecule has 0 heterocycles. The molecular formula is C18H33N9O7. The second-order valence-electron chi connectivity index (χ2n) is 7.42. The number of nitrogens with two attached hydrogens (primary N) is 5. The van der Waals surface area contributed by atoms with Gasteiger partial charge >= 0.3 is 5.97 Å². The van der Waals surface area contributed by atoms with Crippen molar-refractivity contribution in [2.75, 3.05) is 6.54 Å². The third kappa shape index (κ3) is 12.8. The molecule has 0 aliphatic rings. The number of aliphatic imine (C=N–C) groups is 1. The van der Waals surface area contributed by atoms with Crippen molar-refractivity contribution in [2.45, 2.75) is 63.2 Å². The van der Waals surface area contributed by atoms with Gasteiger partial charge in [-0.3, -0.25) is 29.0 Å². The Morgan fingerprint density at radius 2 is 1.41 bits per heavy atom. The van der Waals surface area contributed by atoms with Gasteiger partial charge in [-0.15, -0.1) is 0 Å². The molecular weight excluding hydrogens is 454 g/mol. The summed E-state index contributed by atoms with van der Waals surface area (Å²) in [6, 6.07) is -5.13. The lowest BCUT2D eigenvalue weighted by atomic mass is 10.1. The van der Waals surface area contributed by atoms with Crippen LogP contribution in [-0.2, 0) is 28.8 Å². The van der Waals surface area contributed by atoms with Crippen LogP contribution in [0.15, 0.2) is 4.99 Å². The average molecular weight is 488 g/mol. The van der Waals surface area contributed by atoms with Gasteiger partial charge in [-0.1, -0.05) is 0 Å². The first kappa shape index (κ1) is 30.1. The molecule has 192 valence electrons. The van der Waals surface area contributed by atoms with E-state index in [1.165, 1.54) is 6.92 Å². The smallest absolute Gasteiger partial charge is 0.326 e. The normalized spacial score (nSPS) is 13.9. The number of primary amides is 2. The first-order chi connectivity index (χ1) is 15.7. The molecule has 0 aromatic carbocycles. The first-order valence-corrected chi connectivity index (χ1v) is 10.3. The van der Waals surface area contributed by atoms with Crippen molar-refractivity contribution in [3.63, 3.8) is 0 Å². The number of carbonyl (C=O) groups is 6. The molecule has 0 aromatic heterocycles. The molecule has 0 saturated heterocycles. The van der Waals surface area contributed by atoms with Gasteiger partial charge in [-0.25, -0.2) is 4.79 Å². The summed E-state index contributed by atoms with van der Waals surface area (Å²) in [7, 11) is 0. The average Bonchev–Trinajstić information content (AvgIpc) is 2.72. The molecule has 5 amide bonds. The standard InChI is InChI=1S/C18H33N9O7/c1-8(25-15(31)9(19)3-2-6-24-18(22)23)14(30)26-10(4-5-12(20)28)16(32)27-11(17(33)34)7-13(21)29/h8-11H,2-7,19H2,1H3,(H2,20,28)(H2,21,29)(H,25,31)(H,26,30)(H,27,32)(H,33,34)(H4,22,23,24). The highest BCUT2D eigenvalue weighted by Gasteiger charge is 2.29. The van der Waals surface area contributed by atoms with Gasteiger partial charge in [0.2, 0.25) is 29.5 Å². The molecule has 16 heteroatoms. The summed E-state index contributed by atoms with van der Waals surface area (Å²) >= 11 is 0. The number of carboxylic acids is 1. The molecule has 0 aromatic rings. The zero-order chi connectivity index (χ0) is 26.4. The zero-order valence-electron chi connectivity index (χ0n) is 18.8. The van der Waals surface area contributed by atoms with E-state index in [0.717, 1.165) is 0 Å². The van der Waals surface area contributed by atoms with E-state index < -0.39 is 66.1 Å². The number of carbonyl (C=O) groups excluding carboxylic acids is 5. The van der Waals surface area contributed by atoms with E-state index >= 15 is 0 Å². The number of hydrogen-bond donors (Lipinski definition) is 9. The van der Waals surface area contributed by atoms with Gasteiger partial charge in [0.25, 0.3) is 0 Å². The number of amides is 5. The Bertz CT molecular complexity index is 799. The number of nitrogens with one attached hydrogen (secondary N) is 3. The van der Waals surface area contributed by atoms with Gasteiger partial charge in [0, 0.05) is 13.0 Å². The Morgan fingerprint density at radius 1 is 0.824 bits per heavy atom.